The van der Waals surface area contributed by atoms with Crippen LogP contribution < -0.4 is 5.32 Å². The summed E-state index contributed by atoms with van der Waals surface area (Å²) in [6.07, 6.45) is 2.37. The van der Waals surface area contributed by atoms with Gasteiger partial charge in [-0.1, -0.05) is 18.2 Å². The van der Waals surface area contributed by atoms with Gasteiger partial charge in [-0.3, -0.25) is 4.98 Å². The molecule has 0 amide bonds. The first-order valence-electron chi connectivity index (χ1n) is 8.58. The second kappa shape index (κ2) is 6.65. The highest BCUT2D eigenvalue weighted by Crippen LogP contribution is 2.38. The second-order valence-electron chi connectivity index (χ2n) is 6.42. The Morgan fingerprint density at radius 1 is 1.22 bits per heavy atom. The first-order valence-corrected chi connectivity index (χ1v) is 10.2. The maximum absolute atomic E-state index is 12.3. The van der Waals surface area contributed by atoms with E-state index in [1.54, 1.807) is 12.1 Å². The third-order valence-corrected chi connectivity index (χ3v) is 6.63. The number of aromatic nitrogens is 1. The van der Waals surface area contributed by atoms with Crippen LogP contribution in [0.4, 0.5) is 11.4 Å². The minimum atomic E-state index is -3.29. The average molecular weight is 379 g/mol. The Hall–Kier alpha value is -2.95. The molecule has 0 spiro atoms. The van der Waals surface area contributed by atoms with Gasteiger partial charge in [0.05, 0.1) is 27.4 Å². The predicted octanol–water partition coefficient (Wildman–Crippen LogP) is 2.71. The van der Waals surface area contributed by atoms with Crippen molar-refractivity contribution in [2.45, 2.75) is 17.7 Å². The molecule has 0 fully saturated rings. The Balaban J connectivity index is 1.98. The molecule has 0 radical (unpaired) electrons. The fourth-order valence-corrected chi connectivity index (χ4v) is 5.10. The third-order valence-electron chi connectivity index (χ3n) is 4.83. The van der Waals surface area contributed by atoms with E-state index in [1.807, 2.05) is 24.3 Å². The van der Waals surface area contributed by atoms with Crippen molar-refractivity contribution in [2.75, 3.05) is 17.7 Å². The number of benzene rings is 2. The summed E-state index contributed by atoms with van der Waals surface area (Å²) in [5.74, 6) is 0.0682. The summed E-state index contributed by atoms with van der Waals surface area (Å²) in [7, 11) is -3.29. The molecule has 1 aliphatic heterocycles. The quantitative estimate of drug-likeness (QED) is 0.722. The monoisotopic (exact) mass is 379 g/mol. The van der Waals surface area contributed by atoms with Crippen LogP contribution in [0.25, 0.3) is 10.9 Å². The lowest BCUT2D eigenvalue weighted by atomic mass is 10.0. The molecule has 0 bridgehead atoms. The van der Waals surface area contributed by atoms with Gasteiger partial charge in [0.2, 0.25) is 0 Å². The number of aliphatic hydroxyl groups excluding tert-OH is 1. The number of fused-ring (bicyclic) bond motifs is 3. The average Bonchev–Trinajstić information content (AvgIpc) is 2.98. The van der Waals surface area contributed by atoms with E-state index >= 15 is 0 Å². The molecule has 0 atom stereocenters. The van der Waals surface area contributed by atoms with Gasteiger partial charge in [0.1, 0.15) is 6.07 Å². The molecule has 4 rings (SSSR count). The molecular weight excluding hydrogens is 362 g/mol. The minimum absolute atomic E-state index is 0.00847. The molecule has 7 heteroatoms. The van der Waals surface area contributed by atoms with Crippen molar-refractivity contribution in [3.8, 4) is 6.07 Å². The lowest BCUT2D eigenvalue weighted by Gasteiger charge is -2.16. The highest BCUT2D eigenvalue weighted by Gasteiger charge is 2.29. The number of rotatable bonds is 4. The lowest BCUT2D eigenvalue weighted by Crippen LogP contribution is -2.03. The van der Waals surface area contributed by atoms with Gasteiger partial charge < -0.3 is 10.4 Å². The van der Waals surface area contributed by atoms with Crippen LogP contribution in [0.1, 0.15) is 16.7 Å². The van der Waals surface area contributed by atoms with Crippen molar-refractivity contribution in [3.05, 3.63) is 59.3 Å². The Kier molecular flexibility index (Phi) is 4.30. The van der Waals surface area contributed by atoms with Gasteiger partial charge in [0.15, 0.2) is 9.84 Å². The standard InChI is InChI=1S/C20H17N3O3S/c21-11-14-12-22-17-5-6-18-15(8-10-27(18,25)26)19(17)20(14)23-16-4-2-1-3-13(16)7-9-24/h1-6,12,24H,7-10H2,(H,22,23). The summed E-state index contributed by atoms with van der Waals surface area (Å²) in [4.78, 5) is 4.66. The number of aryl methyl sites for hydroxylation is 1. The first-order chi connectivity index (χ1) is 13.0. The first kappa shape index (κ1) is 17.5. The van der Waals surface area contributed by atoms with Crippen molar-refractivity contribution in [1.82, 2.24) is 4.98 Å². The Morgan fingerprint density at radius 3 is 2.81 bits per heavy atom. The summed E-state index contributed by atoms with van der Waals surface area (Å²) in [5.41, 5.74) is 3.94. The molecule has 1 aliphatic rings. The van der Waals surface area contributed by atoms with Gasteiger partial charge in [-0.15, -0.1) is 0 Å². The highest BCUT2D eigenvalue weighted by molar-refractivity contribution is 7.91. The van der Waals surface area contributed by atoms with E-state index in [2.05, 4.69) is 16.4 Å². The Labute approximate surface area is 157 Å². The van der Waals surface area contributed by atoms with Gasteiger partial charge in [-0.05, 0) is 42.2 Å². The molecule has 136 valence electrons. The fourth-order valence-electron chi connectivity index (χ4n) is 3.55. The van der Waals surface area contributed by atoms with Crippen LogP contribution in [-0.2, 0) is 22.7 Å². The van der Waals surface area contributed by atoms with Crippen LogP contribution in [0, 0.1) is 11.3 Å². The number of hydrogen-bond acceptors (Lipinski definition) is 6. The topological polar surface area (TPSA) is 103 Å². The van der Waals surface area contributed by atoms with Crippen LogP contribution in [0.3, 0.4) is 0 Å². The van der Waals surface area contributed by atoms with Crippen molar-refractivity contribution in [3.63, 3.8) is 0 Å². The van der Waals surface area contributed by atoms with Gasteiger partial charge >= 0.3 is 0 Å². The maximum Gasteiger partial charge on any atom is 0.179 e. The fraction of sp³-hybridized carbons (Fsp3) is 0.200. The van der Waals surface area contributed by atoms with E-state index in [0.29, 0.717) is 45.5 Å². The number of pyridine rings is 1. The van der Waals surface area contributed by atoms with E-state index in [4.69, 9.17) is 0 Å². The Morgan fingerprint density at radius 2 is 2.04 bits per heavy atom. The smallest absolute Gasteiger partial charge is 0.179 e. The summed E-state index contributed by atoms with van der Waals surface area (Å²) in [6.45, 7) is 0.00847. The maximum atomic E-state index is 12.3. The lowest BCUT2D eigenvalue weighted by molar-refractivity contribution is 0.300. The van der Waals surface area contributed by atoms with Gasteiger partial charge in [0.25, 0.3) is 0 Å². The van der Waals surface area contributed by atoms with Crippen molar-refractivity contribution >= 4 is 32.1 Å². The number of nitriles is 1. The zero-order valence-corrected chi connectivity index (χ0v) is 15.3. The molecule has 0 saturated heterocycles. The minimum Gasteiger partial charge on any atom is -0.396 e. The van der Waals surface area contributed by atoms with Crippen LogP contribution >= 0.6 is 0 Å². The molecule has 1 aromatic heterocycles. The van der Waals surface area contributed by atoms with Gasteiger partial charge in [-0.25, -0.2) is 8.42 Å². The summed E-state index contributed by atoms with van der Waals surface area (Å²) in [5, 5.41) is 22.9. The van der Waals surface area contributed by atoms with Crippen molar-refractivity contribution < 1.29 is 13.5 Å². The van der Waals surface area contributed by atoms with E-state index in [-0.39, 0.29) is 12.4 Å². The predicted molar refractivity (Wildman–Crippen MR) is 103 cm³/mol. The number of nitrogens with one attached hydrogen (secondary N) is 1. The molecule has 0 aliphatic carbocycles. The van der Waals surface area contributed by atoms with Crippen LogP contribution in [0.15, 0.2) is 47.5 Å². The zero-order chi connectivity index (χ0) is 19.0. The third kappa shape index (κ3) is 2.93. The number of sulfone groups is 1. The SMILES string of the molecule is N#Cc1cnc2ccc3c(c2c1Nc1ccccc1CCO)CCS3(=O)=O. The second-order valence-corrected chi connectivity index (χ2v) is 8.50. The van der Waals surface area contributed by atoms with E-state index in [9.17, 15) is 18.8 Å². The number of nitrogens with zero attached hydrogens (tertiary/aromatic N) is 2. The zero-order valence-electron chi connectivity index (χ0n) is 14.4. The summed E-state index contributed by atoms with van der Waals surface area (Å²) in [6, 6.07) is 13.0. The molecular formula is C20H17N3O3S. The summed E-state index contributed by atoms with van der Waals surface area (Å²) >= 11 is 0. The number of anilines is 2. The van der Waals surface area contributed by atoms with Crippen LogP contribution in [0.5, 0.6) is 0 Å². The molecule has 2 N–H and O–H groups in total. The van der Waals surface area contributed by atoms with Crippen LogP contribution in [-0.4, -0.2) is 30.9 Å². The molecule has 27 heavy (non-hydrogen) atoms. The van der Waals surface area contributed by atoms with E-state index < -0.39 is 9.84 Å². The molecule has 3 aromatic rings. The number of para-hydroxylation sites is 1. The molecule has 0 unspecified atom stereocenters. The largest absolute Gasteiger partial charge is 0.396 e. The number of aliphatic hydroxyl groups is 1. The van der Waals surface area contributed by atoms with Gasteiger partial charge in [0, 0.05) is 23.9 Å². The van der Waals surface area contributed by atoms with Crippen LogP contribution in [0.2, 0.25) is 0 Å². The van der Waals surface area contributed by atoms with Gasteiger partial charge in [-0.2, -0.15) is 5.26 Å². The molecule has 2 aromatic carbocycles. The summed E-state index contributed by atoms with van der Waals surface area (Å²) < 4.78 is 24.7. The molecule has 6 nitrogen and oxygen atoms in total. The normalized spacial score (nSPS) is 14.7. The van der Waals surface area contributed by atoms with Crippen molar-refractivity contribution in [1.29, 1.82) is 5.26 Å². The Bertz CT molecular complexity index is 1200. The molecule has 2 heterocycles. The van der Waals surface area contributed by atoms with E-state index in [1.165, 1.54) is 6.20 Å². The highest BCUT2D eigenvalue weighted by atomic mass is 32.2. The van der Waals surface area contributed by atoms with Crippen molar-refractivity contribution in [2.24, 2.45) is 0 Å². The molecule has 0 saturated carbocycles. The van der Waals surface area contributed by atoms with E-state index in [0.717, 1.165) is 11.3 Å². The number of hydrogen-bond donors (Lipinski definition) is 2.